The number of carboxylic acid groups (broad SMARTS) is 1. The van der Waals surface area contributed by atoms with Crippen LogP contribution in [0.5, 0.6) is 0 Å². The van der Waals surface area contributed by atoms with Crippen molar-refractivity contribution >= 4 is 33.5 Å². The zero-order chi connectivity index (χ0) is 12.4. The lowest BCUT2D eigenvalue weighted by Gasteiger charge is -2.05. The quantitative estimate of drug-likeness (QED) is 0.947. The van der Waals surface area contributed by atoms with E-state index in [0.717, 1.165) is 5.56 Å². The second-order valence-corrected chi connectivity index (χ2v) is 4.56. The molecule has 0 spiro atoms. The number of carboxylic acids is 1. The maximum Gasteiger partial charge on any atom is 0.340 e. The Hall–Kier alpha value is -1.33. The normalized spacial score (nSPS) is 10.5. The van der Waals surface area contributed by atoms with E-state index in [-0.39, 0.29) is 5.56 Å². The van der Waals surface area contributed by atoms with Gasteiger partial charge < -0.3 is 5.11 Å². The molecular formula is C11H8BrClN2O2. The fraction of sp³-hybridized carbons (Fsp3) is 0.0909. The number of hydrogen-bond donors (Lipinski definition) is 1. The highest BCUT2D eigenvalue weighted by Crippen LogP contribution is 2.21. The van der Waals surface area contributed by atoms with Crippen LogP contribution in [-0.2, 0) is 6.54 Å². The highest BCUT2D eigenvalue weighted by molar-refractivity contribution is 9.10. The van der Waals surface area contributed by atoms with Gasteiger partial charge in [0.25, 0.3) is 0 Å². The highest BCUT2D eigenvalue weighted by Gasteiger charge is 2.14. The number of aromatic nitrogens is 2. The Labute approximate surface area is 111 Å². The van der Waals surface area contributed by atoms with Crippen molar-refractivity contribution in [2.45, 2.75) is 6.54 Å². The first kappa shape index (κ1) is 12.1. The molecule has 0 bridgehead atoms. The summed E-state index contributed by atoms with van der Waals surface area (Å²) >= 11 is 9.23. The molecule has 0 radical (unpaired) electrons. The molecule has 17 heavy (non-hydrogen) atoms. The molecule has 1 aromatic heterocycles. The van der Waals surface area contributed by atoms with E-state index in [2.05, 4.69) is 21.0 Å². The number of rotatable bonds is 3. The largest absolute Gasteiger partial charge is 0.478 e. The van der Waals surface area contributed by atoms with Crippen molar-refractivity contribution in [3.63, 3.8) is 0 Å². The summed E-state index contributed by atoms with van der Waals surface area (Å²) in [5, 5.41) is 13.5. The lowest BCUT2D eigenvalue weighted by atomic mass is 10.2. The predicted molar refractivity (Wildman–Crippen MR) is 67.4 cm³/mol. The van der Waals surface area contributed by atoms with Crippen molar-refractivity contribution < 1.29 is 9.90 Å². The Bertz CT molecular complexity index is 568. The SMILES string of the molecule is O=C(O)c1cnn(Cc2ccccc2Cl)c1Br. The zero-order valence-corrected chi connectivity index (χ0v) is 10.9. The Morgan fingerprint density at radius 1 is 1.47 bits per heavy atom. The minimum atomic E-state index is -1.01. The van der Waals surface area contributed by atoms with E-state index in [1.54, 1.807) is 10.7 Å². The molecule has 1 heterocycles. The average molecular weight is 316 g/mol. The van der Waals surface area contributed by atoms with Crippen molar-refractivity contribution in [1.82, 2.24) is 9.78 Å². The Balaban J connectivity index is 2.31. The second-order valence-electron chi connectivity index (χ2n) is 3.40. The number of benzene rings is 1. The Morgan fingerprint density at radius 3 is 2.76 bits per heavy atom. The molecule has 0 atom stereocenters. The third-order valence-corrected chi connectivity index (χ3v) is 3.49. The van der Waals surface area contributed by atoms with Crippen molar-refractivity contribution in [3.8, 4) is 0 Å². The smallest absolute Gasteiger partial charge is 0.340 e. The van der Waals surface area contributed by atoms with Gasteiger partial charge in [-0.15, -0.1) is 0 Å². The first-order valence-electron chi connectivity index (χ1n) is 4.77. The summed E-state index contributed by atoms with van der Waals surface area (Å²) in [5.74, 6) is -1.01. The van der Waals surface area contributed by atoms with Crippen LogP contribution in [-0.4, -0.2) is 20.9 Å². The standard InChI is InChI=1S/C11H8BrClN2O2/c12-10-8(11(16)17)5-14-15(10)6-7-3-1-2-4-9(7)13/h1-5H,6H2,(H,16,17). The Morgan fingerprint density at radius 2 is 2.18 bits per heavy atom. The molecule has 0 unspecified atom stereocenters. The molecule has 0 saturated carbocycles. The van der Waals surface area contributed by atoms with Gasteiger partial charge >= 0.3 is 5.97 Å². The molecule has 2 aromatic rings. The zero-order valence-electron chi connectivity index (χ0n) is 8.60. The molecule has 0 fully saturated rings. The van der Waals surface area contributed by atoms with Gasteiger partial charge in [-0.25, -0.2) is 4.79 Å². The van der Waals surface area contributed by atoms with Gasteiger partial charge in [0.05, 0.1) is 12.7 Å². The number of carbonyl (C=O) groups is 1. The van der Waals surface area contributed by atoms with Crippen molar-refractivity contribution in [2.75, 3.05) is 0 Å². The van der Waals surface area contributed by atoms with Crippen LogP contribution in [0.2, 0.25) is 5.02 Å². The summed E-state index contributed by atoms with van der Waals surface area (Å²) in [4.78, 5) is 10.8. The number of nitrogens with zero attached hydrogens (tertiary/aromatic N) is 2. The Kier molecular flexibility index (Phi) is 3.49. The molecule has 0 saturated heterocycles. The maximum absolute atomic E-state index is 10.8. The average Bonchev–Trinajstić information content (AvgIpc) is 2.64. The van der Waals surface area contributed by atoms with Gasteiger partial charge in [0.1, 0.15) is 10.2 Å². The summed E-state index contributed by atoms with van der Waals surface area (Å²) in [6.07, 6.45) is 1.31. The van der Waals surface area contributed by atoms with E-state index in [1.807, 2.05) is 18.2 Å². The molecule has 4 nitrogen and oxygen atoms in total. The summed E-state index contributed by atoms with van der Waals surface area (Å²) < 4.78 is 1.98. The first-order valence-corrected chi connectivity index (χ1v) is 5.94. The van der Waals surface area contributed by atoms with Crippen LogP contribution in [0.1, 0.15) is 15.9 Å². The summed E-state index contributed by atoms with van der Waals surface area (Å²) in [7, 11) is 0. The van der Waals surface area contributed by atoms with Gasteiger partial charge in [-0.1, -0.05) is 29.8 Å². The van der Waals surface area contributed by atoms with Gasteiger partial charge in [-0.2, -0.15) is 5.10 Å². The number of halogens is 2. The number of aromatic carboxylic acids is 1. The van der Waals surface area contributed by atoms with E-state index in [4.69, 9.17) is 16.7 Å². The van der Waals surface area contributed by atoms with E-state index < -0.39 is 5.97 Å². The molecule has 2 rings (SSSR count). The molecule has 0 amide bonds. The third kappa shape index (κ3) is 2.50. The summed E-state index contributed by atoms with van der Waals surface area (Å²) in [6.45, 7) is 0.424. The van der Waals surface area contributed by atoms with E-state index in [1.165, 1.54) is 6.20 Å². The van der Waals surface area contributed by atoms with Crippen LogP contribution in [0.25, 0.3) is 0 Å². The van der Waals surface area contributed by atoms with Gasteiger partial charge in [-0.3, -0.25) is 4.68 Å². The molecule has 0 aliphatic rings. The van der Waals surface area contributed by atoms with E-state index in [9.17, 15) is 4.79 Å². The fourth-order valence-corrected chi connectivity index (χ4v) is 2.10. The lowest BCUT2D eigenvalue weighted by molar-refractivity contribution is 0.0695. The van der Waals surface area contributed by atoms with Crippen LogP contribution in [0, 0.1) is 0 Å². The van der Waals surface area contributed by atoms with Crippen molar-refractivity contribution in [2.24, 2.45) is 0 Å². The second kappa shape index (κ2) is 4.89. The van der Waals surface area contributed by atoms with Crippen molar-refractivity contribution in [1.29, 1.82) is 0 Å². The molecule has 1 N–H and O–H groups in total. The molecular weight excluding hydrogens is 307 g/mol. The topological polar surface area (TPSA) is 55.1 Å². The molecule has 0 aliphatic heterocycles. The highest BCUT2D eigenvalue weighted by atomic mass is 79.9. The number of hydrogen-bond acceptors (Lipinski definition) is 2. The van der Waals surface area contributed by atoms with Gasteiger partial charge in [0.15, 0.2) is 0 Å². The molecule has 0 aliphatic carbocycles. The van der Waals surface area contributed by atoms with Gasteiger partial charge in [-0.05, 0) is 27.6 Å². The van der Waals surface area contributed by atoms with Crippen LogP contribution in [0.3, 0.4) is 0 Å². The van der Waals surface area contributed by atoms with Gasteiger partial charge in [0, 0.05) is 5.02 Å². The van der Waals surface area contributed by atoms with E-state index in [0.29, 0.717) is 16.2 Å². The monoisotopic (exact) mass is 314 g/mol. The fourth-order valence-electron chi connectivity index (χ4n) is 1.41. The van der Waals surface area contributed by atoms with Crippen molar-refractivity contribution in [3.05, 3.63) is 51.2 Å². The predicted octanol–water partition coefficient (Wildman–Crippen LogP) is 3.05. The maximum atomic E-state index is 10.8. The third-order valence-electron chi connectivity index (χ3n) is 2.28. The lowest BCUT2D eigenvalue weighted by Crippen LogP contribution is -2.03. The van der Waals surface area contributed by atoms with Gasteiger partial charge in [0.2, 0.25) is 0 Å². The molecule has 6 heteroatoms. The summed E-state index contributed by atoms with van der Waals surface area (Å²) in [6, 6.07) is 7.37. The minimum absolute atomic E-state index is 0.136. The minimum Gasteiger partial charge on any atom is -0.478 e. The van der Waals surface area contributed by atoms with E-state index >= 15 is 0 Å². The van der Waals surface area contributed by atoms with Crippen LogP contribution >= 0.6 is 27.5 Å². The first-order chi connectivity index (χ1) is 8.09. The van der Waals surface area contributed by atoms with Crippen LogP contribution < -0.4 is 0 Å². The van der Waals surface area contributed by atoms with Crippen LogP contribution in [0.15, 0.2) is 35.1 Å². The summed E-state index contributed by atoms with van der Waals surface area (Å²) in [5.41, 5.74) is 1.02. The van der Waals surface area contributed by atoms with Crippen LogP contribution in [0.4, 0.5) is 0 Å². The molecule has 1 aromatic carbocycles. The molecule has 88 valence electrons.